The normalized spacial score (nSPS) is 19.8. The molecule has 194 valence electrons. The lowest BCUT2D eigenvalue weighted by Crippen LogP contribution is -2.38. The molecule has 2 atom stereocenters. The number of aromatic nitrogens is 5. The number of aromatic amines is 1. The van der Waals surface area contributed by atoms with E-state index in [1.807, 2.05) is 31.2 Å². The number of hydrogen-bond acceptors (Lipinski definition) is 7. The Morgan fingerprint density at radius 2 is 2.03 bits per heavy atom. The van der Waals surface area contributed by atoms with Crippen LogP contribution in [0.2, 0.25) is 0 Å². The molecule has 0 spiro atoms. The van der Waals surface area contributed by atoms with Crippen LogP contribution >= 0.6 is 0 Å². The van der Waals surface area contributed by atoms with Crippen LogP contribution < -0.4 is 10.3 Å². The molecule has 1 N–H and O–H groups in total. The Hall–Kier alpha value is -2.78. The fraction of sp³-hybridized carbons (Fsp3) is 0.630. The molecule has 1 aromatic carbocycles. The quantitative estimate of drug-likeness (QED) is 0.441. The summed E-state index contributed by atoms with van der Waals surface area (Å²) in [6.45, 7) is 6.78. The number of H-pyrrole nitrogens is 1. The summed E-state index contributed by atoms with van der Waals surface area (Å²) >= 11 is 0. The number of hydrogen-bond donors (Lipinski definition) is 1. The van der Waals surface area contributed by atoms with Gasteiger partial charge in [-0.2, -0.15) is 0 Å². The molecule has 3 aromatic rings. The van der Waals surface area contributed by atoms with Crippen LogP contribution in [0, 0.1) is 0 Å². The SMILES string of the molecule is CCOc1ccc2[nH]c(=O)c(CN(CC3CCCO3)C(CC)c3nnnn3C3CCCCC3)cc2c1. The zero-order valence-corrected chi connectivity index (χ0v) is 21.5. The summed E-state index contributed by atoms with van der Waals surface area (Å²) < 4.78 is 13.8. The minimum absolute atomic E-state index is 0.00372. The van der Waals surface area contributed by atoms with Crippen molar-refractivity contribution in [3.8, 4) is 5.75 Å². The molecule has 5 rings (SSSR count). The van der Waals surface area contributed by atoms with E-state index in [9.17, 15) is 4.79 Å². The molecule has 0 radical (unpaired) electrons. The molecule has 1 saturated carbocycles. The Kier molecular flexibility index (Phi) is 7.96. The van der Waals surface area contributed by atoms with E-state index < -0.39 is 0 Å². The highest BCUT2D eigenvalue weighted by Crippen LogP contribution is 2.33. The Bertz CT molecular complexity index is 1200. The summed E-state index contributed by atoms with van der Waals surface area (Å²) in [6, 6.07) is 8.13. The molecule has 2 unspecified atom stereocenters. The lowest BCUT2D eigenvalue weighted by molar-refractivity contribution is 0.0481. The van der Waals surface area contributed by atoms with Gasteiger partial charge in [0.05, 0.1) is 24.8 Å². The molecule has 0 bridgehead atoms. The second-order valence-corrected chi connectivity index (χ2v) is 10.1. The van der Waals surface area contributed by atoms with Gasteiger partial charge < -0.3 is 14.5 Å². The molecular weight excluding hydrogens is 456 g/mol. The third-order valence-corrected chi connectivity index (χ3v) is 7.60. The highest BCUT2D eigenvalue weighted by Gasteiger charge is 2.31. The molecule has 1 aliphatic heterocycles. The molecule has 2 aliphatic rings. The van der Waals surface area contributed by atoms with Crippen molar-refractivity contribution in [2.24, 2.45) is 0 Å². The van der Waals surface area contributed by atoms with Crippen LogP contribution in [0.1, 0.15) is 88.7 Å². The van der Waals surface area contributed by atoms with Gasteiger partial charge in [0.2, 0.25) is 0 Å². The van der Waals surface area contributed by atoms with Crippen molar-refractivity contribution in [1.29, 1.82) is 0 Å². The monoisotopic (exact) mass is 494 g/mol. The van der Waals surface area contributed by atoms with E-state index in [1.165, 1.54) is 19.3 Å². The summed E-state index contributed by atoms with van der Waals surface area (Å²) in [5, 5.41) is 14.0. The zero-order chi connectivity index (χ0) is 24.9. The minimum atomic E-state index is -0.0641. The lowest BCUT2D eigenvalue weighted by atomic mass is 9.95. The van der Waals surface area contributed by atoms with Crippen molar-refractivity contribution in [2.75, 3.05) is 19.8 Å². The summed E-state index contributed by atoms with van der Waals surface area (Å²) in [5.41, 5.74) is 1.47. The molecule has 3 heterocycles. The highest BCUT2D eigenvalue weighted by atomic mass is 16.5. The van der Waals surface area contributed by atoms with E-state index in [-0.39, 0.29) is 17.7 Å². The molecule has 2 aromatic heterocycles. The van der Waals surface area contributed by atoms with Crippen molar-refractivity contribution in [3.05, 3.63) is 46.0 Å². The number of rotatable bonds is 10. The van der Waals surface area contributed by atoms with E-state index in [0.717, 1.165) is 73.3 Å². The van der Waals surface area contributed by atoms with Gasteiger partial charge in [-0.1, -0.05) is 26.2 Å². The topological polar surface area (TPSA) is 98.2 Å². The first kappa shape index (κ1) is 24.9. The second kappa shape index (κ2) is 11.5. The van der Waals surface area contributed by atoms with Crippen LogP contribution in [0.3, 0.4) is 0 Å². The predicted octanol–water partition coefficient (Wildman–Crippen LogP) is 4.55. The Balaban J connectivity index is 1.47. The maximum atomic E-state index is 13.1. The number of fused-ring (bicyclic) bond motifs is 1. The van der Waals surface area contributed by atoms with E-state index >= 15 is 0 Å². The number of tetrazole rings is 1. The average Bonchev–Trinajstić information content (AvgIpc) is 3.58. The molecule has 0 amide bonds. The van der Waals surface area contributed by atoms with Gasteiger partial charge >= 0.3 is 0 Å². The maximum Gasteiger partial charge on any atom is 0.252 e. The minimum Gasteiger partial charge on any atom is -0.494 e. The molecule has 1 saturated heterocycles. The molecule has 36 heavy (non-hydrogen) atoms. The first-order valence-electron chi connectivity index (χ1n) is 13.6. The lowest BCUT2D eigenvalue weighted by Gasteiger charge is -2.33. The highest BCUT2D eigenvalue weighted by molar-refractivity contribution is 5.80. The van der Waals surface area contributed by atoms with Crippen molar-refractivity contribution in [2.45, 2.75) is 89.9 Å². The number of ether oxygens (including phenoxy) is 2. The van der Waals surface area contributed by atoms with Crippen LogP contribution in [0.4, 0.5) is 0 Å². The van der Waals surface area contributed by atoms with Gasteiger partial charge in [0.25, 0.3) is 5.56 Å². The van der Waals surface area contributed by atoms with Gasteiger partial charge in [0.1, 0.15) is 5.75 Å². The smallest absolute Gasteiger partial charge is 0.252 e. The summed E-state index contributed by atoms with van der Waals surface area (Å²) in [4.78, 5) is 18.6. The predicted molar refractivity (Wildman–Crippen MR) is 138 cm³/mol. The van der Waals surface area contributed by atoms with E-state index in [2.05, 4.69) is 37.0 Å². The van der Waals surface area contributed by atoms with Crippen LogP contribution in [-0.2, 0) is 11.3 Å². The second-order valence-electron chi connectivity index (χ2n) is 10.1. The van der Waals surface area contributed by atoms with Gasteiger partial charge in [0.15, 0.2) is 5.82 Å². The molecular formula is C27H38N6O3. The Morgan fingerprint density at radius 1 is 1.17 bits per heavy atom. The van der Waals surface area contributed by atoms with Crippen LogP contribution in [0.15, 0.2) is 29.1 Å². The van der Waals surface area contributed by atoms with Crippen molar-refractivity contribution < 1.29 is 9.47 Å². The number of nitrogens with zero attached hydrogens (tertiary/aromatic N) is 5. The van der Waals surface area contributed by atoms with Crippen LogP contribution in [0.25, 0.3) is 10.9 Å². The third kappa shape index (κ3) is 5.47. The molecule has 1 aliphatic carbocycles. The van der Waals surface area contributed by atoms with E-state index in [0.29, 0.717) is 19.2 Å². The number of nitrogens with one attached hydrogen (secondary N) is 1. The summed E-state index contributed by atoms with van der Waals surface area (Å²) in [5.74, 6) is 1.70. The van der Waals surface area contributed by atoms with E-state index in [1.54, 1.807) is 0 Å². The fourth-order valence-corrected chi connectivity index (χ4v) is 5.78. The van der Waals surface area contributed by atoms with Gasteiger partial charge in [-0.3, -0.25) is 9.69 Å². The van der Waals surface area contributed by atoms with E-state index in [4.69, 9.17) is 9.47 Å². The van der Waals surface area contributed by atoms with Crippen molar-refractivity contribution in [1.82, 2.24) is 30.1 Å². The van der Waals surface area contributed by atoms with Gasteiger partial charge in [-0.25, -0.2) is 4.68 Å². The number of pyridine rings is 1. The molecule has 9 nitrogen and oxygen atoms in total. The zero-order valence-electron chi connectivity index (χ0n) is 21.5. The first-order chi connectivity index (χ1) is 17.7. The number of benzene rings is 1. The molecule has 9 heteroatoms. The standard InChI is InChI=1S/C27H38N6O3/c1-3-25(26-29-30-31-33(26)21-9-6-5-7-10-21)32(18-23-11-8-14-36-23)17-20-15-19-16-22(35-4-2)12-13-24(19)28-27(20)34/h12-13,15-16,21,23,25H,3-11,14,17-18H2,1-2H3,(H,28,34). The largest absolute Gasteiger partial charge is 0.494 e. The van der Waals surface area contributed by atoms with Crippen LogP contribution in [0.5, 0.6) is 5.75 Å². The van der Waals surface area contributed by atoms with Crippen LogP contribution in [-0.4, -0.2) is 56.0 Å². The van der Waals surface area contributed by atoms with Gasteiger partial charge in [0, 0.05) is 36.2 Å². The van der Waals surface area contributed by atoms with Gasteiger partial charge in [-0.15, -0.1) is 5.10 Å². The maximum absolute atomic E-state index is 13.1. The Morgan fingerprint density at radius 3 is 2.78 bits per heavy atom. The fourth-order valence-electron chi connectivity index (χ4n) is 5.78. The Labute approximate surface area is 212 Å². The van der Waals surface area contributed by atoms with Crippen molar-refractivity contribution >= 4 is 10.9 Å². The van der Waals surface area contributed by atoms with Crippen molar-refractivity contribution in [3.63, 3.8) is 0 Å². The molecule has 2 fully saturated rings. The first-order valence-corrected chi connectivity index (χ1v) is 13.6. The third-order valence-electron chi connectivity index (χ3n) is 7.60. The van der Waals surface area contributed by atoms with Gasteiger partial charge in [-0.05, 0) is 73.7 Å². The summed E-state index contributed by atoms with van der Waals surface area (Å²) in [7, 11) is 0. The summed E-state index contributed by atoms with van der Waals surface area (Å²) in [6.07, 6.45) is 9.07. The average molecular weight is 495 g/mol.